The zero-order chi connectivity index (χ0) is 15.9. The number of urea groups is 1. The summed E-state index contributed by atoms with van der Waals surface area (Å²) in [6, 6.07) is 7.27. The minimum absolute atomic E-state index is 0.0534. The van der Waals surface area contributed by atoms with E-state index in [-0.39, 0.29) is 18.0 Å². The van der Waals surface area contributed by atoms with Gasteiger partial charge >= 0.3 is 6.03 Å². The van der Waals surface area contributed by atoms with Crippen molar-refractivity contribution in [2.45, 2.75) is 18.9 Å². The molecule has 1 atom stereocenters. The molecule has 1 saturated heterocycles. The number of amides is 3. The lowest BCUT2D eigenvalue weighted by molar-refractivity contribution is -0.131. The van der Waals surface area contributed by atoms with Gasteiger partial charge in [0.25, 0.3) is 0 Å². The van der Waals surface area contributed by atoms with Gasteiger partial charge < -0.3 is 20.9 Å². The van der Waals surface area contributed by atoms with E-state index in [1.807, 2.05) is 19.2 Å². The van der Waals surface area contributed by atoms with Crippen molar-refractivity contribution in [1.29, 1.82) is 0 Å². The van der Waals surface area contributed by atoms with Crippen LogP contribution in [-0.2, 0) is 4.79 Å². The average molecular weight is 369 g/mol. The first-order valence-corrected chi connectivity index (χ1v) is 8.12. The lowest BCUT2D eigenvalue weighted by Crippen LogP contribution is -2.40. The zero-order valence-corrected chi connectivity index (χ0v) is 14.1. The Morgan fingerprint density at radius 3 is 2.73 bits per heavy atom. The SMILES string of the molecule is CN(C(=O)CCNC(=O)Nc1ccc(Br)cc1)C1CCNC1. The smallest absolute Gasteiger partial charge is 0.319 e. The van der Waals surface area contributed by atoms with E-state index in [1.54, 1.807) is 17.0 Å². The first-order valence-electron chi connectivity index (χ1n) is 7.33. The van der Waals surface area contributed by atoms with E-state index in [4.69, 9.17) is 0 Å². The normalized spacial score (nSPS) is 17.1. The predicted molar refractivity (Wildman–Crippen MR) is 89.8 cm³/mol. The molecule has 7 heteroatoms. The maximum Gasteiger partial charge on any atom is 0.319 e. The Bertz CT molecular complexity index is 515. The second-order valence-electron chi connectivity index (χ2n) is 5.29. The van der Waals surface area contributed by atoms with Crippen LogP contribution in [-0.4, -0.2) is 49.6 Å². The van der Waals surface area contributed by atoms with Crippen molar-refractivity contribution in [2.75, 3.05) is 32.0 Å². The maximum absolute atomic E-state index is 12.0. The van der Waals surface area contributed by atoms with Crippen LogP contribution >= 0.6 is 15.9 Å². The topological polar surface area (TPSA) is 73.5 Å². The summed E-state index contributed by atoms with van der Waals surface area (Å²) in [5.41, 5.74) is 0.709. The van der Waals surface area contributed by atoms with Crippen molar-refractivity contribution in [1.82, 2.24) is 15.5 Å². The maximum atomic E-state index is 12.0. The van der Waals surface area contributed by atoms with Crippen LogP contribution in [0.2, 0.25) is 0 Å². The number of likely N-dealkylation sites (N-methyl/N-ethyl adjacent to an activating group) is 1. The van der Waals surface area contributed by atoms with E-state index in [0.29, 0.717) is 18.7 Å². The molecule has 2 rings (SSSR count). The summed E-state index contributed by atoms with van der Waals surface area (Å²) in [4.78, 5) is 25.5. The third kappa shape index (κ3) is 4.99. The van der Waals surface area contributed by atoms with Crippen molar-refractivity contribution in [3.63, 3.8) is 0 Å². The van der Waals surface area contributed by atoms with Gasteiger partial charge in [0.2, 0.25) is 5.91 Å². The predicted octanol–water partition coefficient (Wildman–Crippen LogP) is 1.78. The standard InChI is InChI=1S/C15H21BrN4O2/c1-20(13-6-8-17-10-13)14(21)7-9-18-15(22)19-12-4-2-11(16)3-5-12/h2-5,13,17H,6-10H2,1H3,(H2,18,19,22). The molecule has 120 valence electrons. The quantitative estimate of drug-likeness (QED) is 0.741. The molecular weight excluding hydrogens is 348 g/mol. The number of benzene rings is 1. The third-order valence-electron chi connectivity index (χ3n) is 3.70. The molecule has 0 bridgehead atoms. The molecule has 0 saturated carbocycles. The fourth-order valence-corrected chi connectivity index (χ4v) is 2.61. The second-order valence-corrected chi connectivity index (χ2v) is 6.20. The van der Waals surface area contributed by atoms with E-state index in [9.17, 15) is 9.59 Å². The fourth-order valence-electron chi connectivity index (χ4n) is 2.34. The molecule has 1 unspecified atom stereocenters. The Kier molecular flexibility index (Phi) is 6.21. The number of carbonyl (C=O) groups is 2. The van der Waals surface area contributed by atoms with Gasteiger partial charge in [-0.15, -0.1) is 0 Å². The Morgan fingerprint density at radius 2 is 2.09 bits per heavy atom. The number of nitrogens with zero attached hydrogens (tertiary/aromatic N) is 1. The molecule has 3 N–H and O–H groups in total. The van der Waals surface area contributed by atoms with E-state index in [0.717, 1.165) is 24.0 Å². The highest BCUT2D eigenvalue weighted by Crippen LogP contribution is 2.13. The summed E-state index contributed by atoms with van der Waals surface area (Å²) < 4.78 is 0.952. The van der Waals surface area contributed by atoms with Gasteiger partial charge in [-0.2, -0.15) is 0 Å². The van der Waals surface area contributed by atoms with Crippen LogP contribution in [0, 0.1) is 0 Å². The molecular formula is C15H21BrN4O2. The number of anilines is 1. The van der Waals surface area contributed by atoms with Crippen LogP contribution < -0.4 is 16.0 Å². The van der Waals surface area contributed by atoms with Crippen molar-refractivity contribution >= 4 is 33.6 Å². The molecule has 0 aromatic heterocycles. The van der Waals surface area contributed by atoms with Crippen molar-refractivity contribution in [3.8, 4) is 0 Å². The Morgan fingerprint density at radius 1 is 1.36 bits per heavy atom. The monoisotopic (exact) mass is 368 g/mol. The zero-order valence-electron chi connectivity index (χ0n) is 12.6. The minimum Gasteiger partial charge on any atom is -0.341 e. The summed E-state index contributed by atoms with van der Waals surface area (Å²) in [5.74, 6) is 0.0534. The van der Waals surface area contributed by atoms with Gasteiger partial charge in [0, 0.05) is 42.8 Å². The highest BCUT2D eigenvalue weighted by atomic mass is 79.9. The van der Waals surface area contributed by atoms with Gasteiger partial charge in [-0.3, -0.25) is 4.79 Å². The van der Waals surface area contributed by atoms with Gasteiger partial charge in [-0.25, -0.2) is 4.79 Å². The third-order valence-corrected chi connectivity index (χ3v) is 4.23. The molecule has 0 aliphatic carbocycles. The highest BCUT2D eigenvalue weighted by Gasteiger charge is 2.22. The van der Waals surface area contributed by atoms with Crippen molar-refractivity contribution < 1.29 is 9.59 Å². The largest absolute Gasteiger partial charge is 0.341 e. The molecule has 1 aromatic carbocycles. The van der Waals surface area contributed by atoms with Gasteiger partial charge in [0.1, 0.15) is 0 Å². The molecule has 1 heterocycles. The van der Waals surface area contributed by atoms with Crippen LogP contribution in [0.1, 0.15) is 12.8 Å². The molecule has 1 fully saturated rings. The molecule has 22 heavy (non-hydrogen) atoms. The molecule has 1 aliphatic rings. The van der Waals surface area contributed by atoms with Crippen LogP contribution in [0.15, 0.2) is 28.7 Å². The van der Waals surface area contributed by atoms with Crippen LogP contribution in [0.4, 0.5) is 10.5 Å². The summed E-state index contributed by atoms with van der Waals surface area (Å²) in [6.45, 7) is 2.13. The van der Waals surface area contributed by atoms with Crippen LogP contribution in [0.25, 0.3) is 0 Å². The van der Waals surface area contributed by atoms with Crippen molar-refractivity contribution in [3.05, 3.63) is 28.7 Å². The summed E-state index contributed by atoms with van der Waals surface area (Å²) in [7, 11) is 1.82. The molecule has 3 amide bonds. The van der Waals surface area contributed by atoms with E-state index < -0.39 is 0 Å². The Hall–Kier alpha value is -1.60. The number of carbonyl (C=O) groups excluding carboxylic acids is 2. The van der Waals surface area contributed by atoms with Crippen molar-refractivity contribution in [2.24, 2.45) is 0 Å². The number of nitrogens with one attached hydrogen (secondary N) is 3. The average Bonchev–Trinajstić information content (AvgIpc) is 3.03. The minimum atomic E-state index is -0.305. The first-order chi connectivity index (χ1) is 10.6. The number of hydrogen-bond acceptors (Lipinski definition) is 3. The van der Waals surface area contributed by atoms with E-state index in [2.05, 4.69) is 31.9 Å². The van der Waals surface area contributed by atoms with E-state index in [1.165, 1.54) is 0 Å². The van der Waals surface area contributed by atoms with Crippen LogP contribution in [0.3, 0.4) is 0 Å². The van der Waals surface area contributed by atoms with Gasteiger partial charge in [-0.05, 0) is 37.2 Å². The number of halogens is 1. The van der Waals surface area contributed by atoms with E-state index >= 15 is 0 Å². The van der Waals surface area contributed by atoms with Gasteiger partial charge in [0.15, 0.2) is 0 Å². The number of hydrogen-bond donors (Lipinski definition) is 3. The Labute approximate surface area is 138 Å². The molecule has 0 radical (unpaired) electrons. The molecule has 1 aliphatic heterocycles. The lowest BCUT2D eigenvalue weighted by Gasteiger charge is -2.23. The number of rotatable bonds is 5. The summed E-state index contributed by atoms with van der Waals surface area (Å²) >= 11 is 3.34. The fraction of sp³-hybridized carbons (Fsp3) is 0.467. The second kappa shape index (κ2) is 8.14. The molecule has 1 aromatic rings. The lowest BCUT2D eigenvalue weighted by atomic mass is 10.2. The van der Waals surface area contributed by atoms with Gasteiger partial charge in [-0.1, -0.05) is 15.9 Å². The highest BCUT2D eigenvalue weighted by molar-refractivity contribution is 9.10. The first kappa shape index (κ1) is 16.8. The van der Waals surface area contributed by atoms with Gasteiger partial charge in [0.05, 0.1) is 0 Å². The molecule has 6 nitrogen and oxygen atoms in total. The van der Waals surface area contributed by atoms with Crippen LogP contribution in [0.5, 0.6) is 0 Å². The summed E-state index contributed by atoms with van der Waals surface area (Å²) in [5, 5.41) is 8.66. The summed E-state index contributed by atoms with van der Waals surface area (Å²) in [6.07, 6.45) is 1.29. The Balaban J connectivity index is 1.67. The molecule has 0 spiro atoms.